The molecule has 0 spiro atoms. The molecule has 5 heteroatoms. The van der Waals surface area contributed by atoms with Crippen LogP contribution < -0.4 is 15.4 Å². The average Bonchev–Trinajstić information content (AvgIpc) is 3.03. The number of likely N-dealkylation sites (tertiary alicyclic amines) is 1. The summed E-state index contributed by atoms with van der Waals surface area (Å²) in [6.45, 7) is 8.30. The smallest absolute Gasteiger partial charge is 0.191 e. The first-order valence-electron chi connectivity index (χ1n) is 8.63. The zero-order valence-electron chi connectivity index (χ0n) is 14.6. The number of para-hydroxylation sites is 1. The summed E-state index contributed by atoms with van der Waals surface area (Å²) in [7, 11) is 1.81. The van der Waals surface area contributed by atoms with Gasteiger partial charge in [0.2, 0.25) is 0 Å². The Hall–Kier alpha value is -1.75. The fourth-order valence-electron chi connectivity index (χ4n) is 2.99. The second-order valence-electron chi connectivity index (χ2n) is 6.00. The zero-order valence-corrected chi connectivity index (χ0v) is 14.6. The van der Waals surface area contributed by atoms with E-state index in [-0.39, 0.29) is 6.10 Å². The Morgan fingerprint density at radius 2 is 2.13 bits per heavy atom. The van der Waals surface area contributed by atoms with Gasteiger partial charge in [0.1, 0.15) is 11.9 Å². The molecule has 2 N–H and O–H groups in total. The summed E-state index contributed by atoms with van der Waals surface area (Å²) in [6, 6.07) is 10.5. The SMILES string of the molecule is CCN1CCCC1CNC(=NC)NCC(C)Oc1ccccc1. The average molecular weight is 318 g/mol. The third kappa shape index (κ3) is 5.75. The van der Waals surface area contributed by atoms with Crippen LogP contribution in [-0.2, 0) is 0 Å². The van der Waals surface area contributed by atoms with Crippen molar-refractivity contribution in [2.75, 3.05) is 33.2 Å². The molecule has 0 amide bonds. The van der Waals surface area contributed by atoms with Crippen LogP contribution in [0.5, 0.6) is 5.75 Å². The number of aliphatic imine (C=N–C) groups is 1. The molecule has 5 nitrogen and oxygen atoms in total. The summed E-state index contributed by atoms with van der Waals surface area (Å²) in [5.41, 5.74) is 0. The summed E-state index contributed by atoms with van der Waals surface area (Å²) in [6.07, 6.45) is 2.65. The standard InChI is InChI=1S/C18H30N4O/c1-4-22-12-8-9-16(22)14-21-18(19-3)20-13-15(2)23-17-10-6-5-7-11-17/h5-7,10-11,15-16H,4,8-9,12-14H2,1-3H3,(H2,19,20,21). The van der Waals surface area contributed by atoms with Gasteiger partial charge in [-0.3, -0.25) is 9.89 Å². The van der Waals surface area contributed by atoms with E-state index in [1.807, 2.05) is 37.4 Å². The number of rotatable bonds is 7. The molecule has 1 aliphatic heterocycles. The van der Waals surface area contributed by atoms with Gasteiger partial charge in [0, 0.05) is 19.6 Å². The van der Waals surface area contributed by atoms with Gasteiger partial charge in [-0.1, -0.05) is 25.1 Å². The topological polar surface area (TPSA) is 48.9 Å². The lowest BCUT2D eigenvalue weighted by Gasteiger charge is -2.24. The predicted molar refractivity (Wildman–Crippen MR) is 96.2 cm³/mol. The summed E-state index contributed by atoms with van der Waals surface area (Å²) in [5, 5.41) is 6.78. The fourth-order valence-corrected chi connectivity index (χ4v) is 2.99. The molecule has 0 aliphatic carbocycles. The van der Waals surface area contributed by atoms with Crippen molar-refractivity contribution in [3.05, 3.63) is 30.3 Å². The fraction of sp³-hybridized carbons (Fsp3) is 0.611. The van der Waals surface area contributed by atoms with E-state index in [9.17, 15) is 0 Å². The Kier molecular flexibility index (Phi) is 7.20. The van der Waals surface area contributed by atoms with Gasteiger partial charge >= 0.3 is 0 Å². The van der Waals surface area contributed by atoms with Crippen LogP contribution in [0.2, 0.25) is 0 Å². The van der Waals surface area contributed by atoms with E-state index in [0.29, 0.717) is 6.04 Å². The first-order chi connectivity index (χ1) is 11.2. The molecule has 0 bridgehead atoms. The Bertz CT molecular complexity index is 477. The van der Waals surface area contributed by atoms with Crippen molar-refractivity contribution in [3.63, 3.8) is 0 Å². The van der Waals surface area contributed by atoms with Crippen molar-refractivity contribution in [2.24, 2.45) is 4.99 Å². The molecule has 2 unspecified atom stereocenters. The van der Waals surface area contributed by atoms with E-state index in [1.165, 1.54) is 19.4 Å². The summed E-state index contributed by atoms with van der Waals surface area (Å²) in [4.78, 5) is 6.83. The maximum atomic E-state index is 5.87. The minimum atomic E-state index is 0.0783. The maximum Gasteiger partial charge on any atom is 0.191 e. The minimum Gasteiger partial charge on any atom is -0.489 e. The molecule has 0 aromatic heterocycles. The van der Waals surface area contributed by atoms with Gasteiger partial charge in [0.05, 0.1) is 6.54 Å². The van der Waals surface area contributed by atoms with Crippen LogP contribution in [0.25, 0.3) is 0 Å². The van der Waals surface area contributed by atoms with Gasteiger partial charge in [0.15, 0.2) is 5.96 Å². The molecule has 1 fully saturated rings. The van der Waals surface area contributed by atoms with E-state index >= 15 is 0 Å². The number of hydrogen-bond acceptors (Lipinski definition) is 3. The van der Waals surface area contributed by atoms with Gasteiger partial charge in [-0.05, 0) is 45.0 Å². The van der Waals surface area contributed by atoms with Crippen molar-refractivity contribution < 1.29 is 4.74 Å². The molecule has 1 aromatic rings. The Balaban J connectivity index is 1.70. The van der Waals surface area contributed by atoms with Crippen molar-refractivity contribution >= 4 is 5.96 Å². The first-order valence-corrected chi connectivity index (χ1v) is 8.63. The Labute approximate surface area is 140 Å². The maximum absolute atomic E-state index is 5.87. The highest BCUT2D eigenvalue weighted by atomic mass is 16.5. The Morgan fingerprint density at radius 1 is 1.35 bits per heavy atom. The molecule has 1 heterocycles. The second-order valence-corrected chi connectivity index (χ2v) is 6.00. The lowest BCUT2D eigenvalue weighted by molar-refractivity contribution is 0.223. The predicted octanol–water partition coefficient (Wildman–Crippen LogP) is 2.10. The largest absolute Gasteiger partial charge is 0.489 e. The highest BCUT2D eigenvalue weighted by molar-refractivity contribution is 5.79. The summed E-state index contributed by atoms with van der Waals surface area (Å²) >= 11 is 0. The molecule has 2 rings (SSSR count). The van der Waals surface area contributed by atoms with Crippen LogP contribution in [0.15, 0.2) is 35.3 Å². The van der Waals surface area contributed by atoms with Crippen molar-refractivity contribution in [3.8, 4) is 5.75 Å². The van der Waals surface area contributed by atoms with E-state index in [4.69, 9.17) is 4.74 Å². The number of ether oxygens (including phenoxy) is 1. The molecule has 2 atom stereocenters. The van der Waals surface area contributed by atoms with Crippen molar-refractivity contribution in [1.29, 1.82) is 0 Å². The lowest BCUT2D eigenvalue weighted by Crippen LogP contribution is -2.46. The van der Waals surface area contributed by atoms with E-state index in [0.717, 1.165) is 31.3 Å². The number of guanidine groups is 1. The van der Waals surface area contributed by atoms with Gasteiger partial charge < -0.3 is 15.4 Å². The quantitative estimate of drug-likeness (QED) is 0.597. The molecule has 0 saturated carbocycles. The second kappa shape index (κ2) is 9.40. The van der Waals surface area contributed by atoms with E-state index in [2.05, 4.69) is 34.4 Å². The lowest BCUT2D eigenvalue weighted by atomic mass is 10.2. The molecular weight excluding hydrogens is 288 g/mol. The summed E-state index contributed by atoms with van der Waals surface area (Å²) in [5.74, 6) is 1.74. The highest BCUT2D eigenvalue weighted by Crippen LogP contribution is 2.15. The normalized spacial score (nSPS) is 20.3. The molecule has 0 radical (unpaired) electrons. The molecule has 1 saturated heterocycles. The summed E-state index contributed by atoms with van der Waals surface area (Å²) < 4.78 is 5.87. The van der Waals surface area contributed by atoms with Crippen molar-refractivity contribution in [2.45, 2.75) is 38.8 Å². The van der Waals surface area contributed by atoms with Crippen LogP contribution in [0.1, 0.15) is 26.7 Å². The van der Waals surface area contributed by atoms with Gasteiger partial charge in [-0.2, -0.15) is 0 Å². The zero-order chi connectivity index (χ0) is 16.5. The van der Waals surface area contributed by atoms with Crippen molar-refractivity contribution in [1.82, 2.24) is 15.5 Å². The highest BCUT2D eigenvalue weighted by Gasteiger charge is 2.22. The monoisotopic (exact) mass is 318 g/mol. The van der Waals surface area contributed by atoms with Crippen LogP contribution in [0.4, 0.5) is 0 Å². The van der Waals surface area contributed by atoms with E-state index in [1.54, 1.807) is 0 Å². The molecule has 1 aliphatic rings. The number of likely N-dealkylation sites (N-methyl/N-ethyl adjacent to an activating group) is 1. The molecule has 1 aromatic carbocycles. The third-order valence-corrected chi connectivity index (χ3v) is 4.27. The van der Waals surface area contributed by atoms with Crippen LogP contribution >= 0.6 is 0 Å². The first kappa shape index (κ1) is 17.6. The van der Waals surface area contributed by atoms with Gasteiger partial charge in [-0.25, -0.2) is 0 Å². The number of benzene rings is 1. The van der Waals surface area contributed by atoms with Crippen LogP contribution in [-0.4, -0.2) is 56.2 Å². The molecule has 23 heavy (non-hydrogen) atoms. The van der Waals surface area contributed by atoms with Gasteiger partial charge in [0.25, 0.3) is 0 Å². The van der Waals surface area contributed by atoms with E-state index < -0.39 is 0 Å². The Morgan fingerprint density at radius 3 is 2.83 bits per heavy atom. The molecular formula is C18H30N4O. The van der Waals surface area contributed by atoms with Crippen LogP contribution in [0, 0.1) is 0 Å². The number of nitrogens with one attached hydrogen (secondary N) is 2. The minimum absolute atomic E-state index is 0.0783. The van der Waals surface area contributed by atoms with Gasteiger partial charge in [-0.15, -0.1) is 0 Å². The number of hydrogen-bond donors (Lipinski definition) is 2. The van der Waals surface area contributed by atoms with Crippen LogP contribution in [0.3, 0.4) is 0 Å². The number of nitrogens with zero attached hydrogens (tertiary/aromatic N) is 2. The third-order valence-electron chi connectivity index (χ3n) is 4.27. The molecule has 128 valence electrons.